The second-order valence-corrected chi connectivity index (χ2v) is 5.14. The third-order valence-electron chi connectivity index (χ3n) is 3.25. The van der Waals surface area contributed by atoms with Crippen LogP contribution in [0.25, 0.3) is 0 Å². The Labute approximate surface area is 136 Å². The van der Waals surface area contributed by atoms with Crippen LogP contribution in [0.1, 0.15) is 28.8 Å². The molecule has 0 atom stereocenters. The molecule has 0 aliphatic rings. The molecule has 0 bridgehead atoms. The molecule has 1 amide bonds. The van der Waals surface area contributed by atoms with Gasteiger partial charge in [0.25, 0.3) is 5.91 Å². The van der Waals surface area contributed by atoms with Crippen molar-refractivity contribution in [2.45, 2.75) is 20.0 Å². The van der Waals surface area contributed by atoms with Crippen molar-refractivity contribution >= 4 is 11.9 Å². The number of primary amides is 1. The SMILES string of the molecule is CCNC(=NCc1ccc(C(N)=O)o1)N(C)Cc1ccccc1. The number of guanidine groups is 1. The molecule has 3 N–H and O–H groups in total. The normalized spacial score (nSPS) is 11.3. The Kier molecular flexibility index (Phi) is 5.80. The van der Waals surface area contributed by atoms with E-state index in [1.54, 1.807) is 12.1 Å². The molecule has 1 aromatic heterocycles. The lowest BCUT2D eigenvalue weighted by atomic mass is 10.2. The summed E-state index contributed by atoms with van der Waals surface area (Å²) >= 11 is 0. The van der Waals surface area contributed by atoms with Crippen LogP contribution in [-0.2, 0) is 13.1 Å². The van der Waals surface area contributed by atoms with Crippen molar-refractivity contribution in [1.29, 1.82) is 0 Å². The van der Waals surface area contributed by atoms with Gasteiger partial charge in [0.2, 0.25) is 0 Å². The molecule has 0 radical (unpaired) electrons. The van der Waals surface area contributed by atoms with Crippen molar-refractivity contribution in [3.05, 3.63) is 59.5 Å². The first-order chi connectivity index (χ1) is 11.1. The highest BCUT2D eigenvalue weighted by Gasteiger charge is 2.09. The van der Waals surface area contributed by atoms with E-state index in [1.807, 2.05) is 37.1 Å². The van der Waals surface area contributed by atoms with Crippen molar-refractivity contribution in [2.24, 2.45) is 10.7 Å². The fourth-order valence-electron chi connectivity index (χ4n) is 2.15. The monoisotopic (exact) mass is 314 g/mol. The average Bonchev–Trinajstić information content (AvgIpc) is 3.01. The number of furan rings is 1. The average molecular weight is 314 g/mol. The molecule has 1 aromatic carbocycles. The van der Waals surface area contributed by atoms with Gasteiger partial charge in [0, 0.05) is 20.1 Å². The smallest absolute Gasteiger partial charge is 0.284 e. The highest BCUT2D eigenvalue weighted by molar-refractivity contribution is 5.89. The quantitative estimate of drug-likeness (QED) is 0.631. The van der Waals surface area contributed by atoms with E-state index in [2.05, 4.69) is 22.4 Å². The summed E-state index contributed by atoms with van der Waals surface area (Å²) < 4.78 is 5.34. The Bertz CT molecular complexity index is 664. The van der Waals surface area contributed by atoms with Crippen molar-refractivity contribution in [3.8, 4) is 0 Å². The van der Waals surface area contributed by atoms with Crippen LogP contribution in [0.3, 0.4) is 0 Å². The number of nitrogens with two attached hydrogens (primary N) is 1. The predicted molar refractivity (Wildman–Crippen MR) is 90.0 cm³/mol. The first-order valence-corrected chi connectivity index (χ1v) is 7.52. The molecular formula is C17H22N4O2. The Balaban J connectivity index is 2.05. The zero-order valence-corrected chi connectivity index (χ0v) is 13.5. The van der Waals surface area contributed by atoms with Gasteiger partial charge in [-0.05, 0) is 24.6 Å². The van der Waals surface area contributed by atoms with Crippen LogP contribution in [0, 0.1) is 0 Å². The van der Waals surface area contributed by atoms with Crippen LogP contribution in [0.2, 0.25) is 0 Å². The molecule has 6 heteroatoms. The molecule has 0 aliphatic carbocycles. The minimum Gasteiger partial charge on any atom is -0.454 e. The summed E-state index contributed by atoms with van der Waals surface area (Å²) in [6, 6.07) is 13.5. The van der Waals surface area contributed by atoms with Gasteiger partial charge in [-0.15, -0.1) is 0 Å². The first kappa shape index (κ1) is 16.6. The number of hydrogen-bond donors (Lipinski definition) is 2. The summed E-state index contributed by atoms with van der Waals surface area (Å²) in [6.45, 7) is 3.87. The van der Waals surface area contributed by atoms with E-state index in [1.165, 1.54) is 5.56 Å². The van der Waals surface area contributed by atoms with E-state index in [-0.39, 0.29) is 5.76 Å². The maximum atomic E-state index is 11.0. The standard InChI is InChI=1S/C17H22N4O2/c1-3-19-17(21(2)12-13-7-5-4-6-8-13)20-11-14-9-10-15(23-14)16(18)22/h4-10H,3,11-12H2,1-2H3,(H2,18,22)(H,19,20). The number of rotatable bonds is 6. The number of aliphatic imine (C=N–C) groups is 1. The number of nitrogens with zero attached hydrogens (tertiary/aromatic N) is 2. The van der Waals surface area contributed by atoms with Gasteiger partial charge in [0.05, 0.1) is 0 Å². The molecule has 1 heterocycles. The maximum absolute atomic E-state index is 11.0. The molecule has 2 rings (SSSR count). The number of carbonyl (C=O) groups is 1. The van der Waals surface area contributed by atoms with Gasteiger partial charge in [-0.1, -0.05) is 30.3 Å². The fourth-order valence-corrected chi connectivity index (χ4v) is 2.15. The number of benzene rings is 1. The summed E-state index contributed by atoms with van der Waals surface area (Å²) in [6.07, 6.45) is 0. The summed E-state index contributed by atoms with van der Waals surface area (Å²) in [4.78, 5) is 17.6. The molecule has 6 nitrogen and oxygen atoms in total. The molecular weight excluding hydrogens is 292 g/mol. The van der Waals surface area contributed by atoms with E-state index in [0.717, 1.165) is 19.0 Å². The number of amides is 1. The number of hydrogen-bond acceptors (Lipinski definition) is 3. The van der Waals surface area contributed by atoms with Crippen LogP contribution in [0.4, 0.5) is 0 Å². The van der Waals surface area contributed by atoms with E-state index in [4.69, 9.17) is 10.2 Å². The van der Waals surface area contributed by atoms with Crippen LogP contribution in [0.15, 0.2) is 51.9 Å². The predicted octanol–water partition coefficient (Wildman–Crippen LogP) is 1.98. The lowest BCUT2D eigenvalue weighted by molar-refractivity contribution is 0.0972. The zero-order chi connectivity index (χ0) is 16.7. The molecule has 122 valence electrons. The molecule has 23 heavy (non-hydrogen) atoms. The maximum Gasteiger partial charge on any atom is 0.284 e. The Morgan fingerprint density at radius 3 is 2.61 bits per heavy atom. The molecule has 0 saturated carbocycles. The summed E-state index contributed by atoms with van der Waals surface area (Å²) in [5.41, 5.74) is 6.38. The lowest BCUT2D eigenvalue weighted by Crippen LogP contribution is -2.38. The number of nitrogens with one attached hydrogen (secondary N) is 1. The van der Waals surface area contributed by atoms with Gasteiger partial charge in [0.15, 0.2) is 11.7 Å². The minimum absolute atomic E-state index is 0.151. The Hall–Kier alpha value is -2.76. The summed E-state index contributed by atoms with van der Waals surface area (Å²) in [7, 11) is 1.98. The van der Waals surface area contributed by atoms with Crippen molar-refractivity contribution in [2.75, 3.05) is 13.6 Å². The van der Waals surface area contributed by atoms with Crippen LogP contribution >= 0.6 is 0 Å². The number of carbonyl (C=O) groups excluding carboxylic acids is 1. The van der Waals surface area contributed by atoms with Crippen molar-refractivity contribution in [1.82, 2.24) is 10.2 Å². The molecule has 0 saturated heterocycles. The Morgan fingerprint density at radius 2 is 2.00 bits per heavy atom. The molecule has 0 aliphatic heterocycles. The van der Waals surface area contributed by atoms with E-state index >= 15 is 0 Å². The molecule has 0 spiro atoms. The van der Waals surface area contributed by atoms with Gasteiger partial charge < -0.3 is 20.4 Å². The third kappa shape index (κ3) is 4.88. The second-order valence-electron chi connectivity index (χ2n) is 5.14. The second kappa shape index (κ2) is 8.03. The zero-order valence-electron chi connectivity index (χ0n) is 13.5. The topological polar surface area (TPSA) is 83.9 Å². The van der Waals surface area contributed by atoms with Crippen molar-refractivity contribution in [3.63, 3.8) is 0 Å². The fraction of sp³-hybridized carbons (Fsp3) is 0.294. The van der Waals surface area contributed by atoms with Gasteiger partial charge in [-0.3, -0.25) is 4.79 Å². The molecule has 0 unspecified atom stereocenters. The molecule has 0 fully saturated rings. The highest BCUT2D eigenvalue weighted by atomic mass is 16.3. The van der Waals surface area contributed by atoms with E-state index in [9.17, 15) is 4.79 Å². The van der Waals surface area contributed by atoms with Crippen LogP contribution < -0.4 is 11.1 Å². The van der Waals surface area contributed by atoms with Crippen molar-refractivity contribution < 1.29 is 9.21 Å². The lowest BCUT2D eigenvalue weighted by Gasteiger charge is -2.22. The summed E-state index contributed by atoms with van der Waals surface area (Å²) in [5.74, 6) is 0.946. The van der Waals surface area contributed by atoms with Gasteiger partial charge >= 0.3 is 0 Å². The van der Waals surface area contributed by atoms with Gasteiger partial charge in [-0.25, -0.2) is 4.99 Å². The largest absolute Gasteiger partial charge is 0.454 e. The third-order valence-corrected chi connectivity index (χ3v) is 3.25. The molecule has 2 aromatic rings. The van der Waals surface area contributed by atoms with E-state index < -0.39 is 5.91 Å². The highest BCUT2D eigenvalue weighted by Crippen LogP contribution is 2.09. The van der Waals surface area contributed by atoms with Gasteiger partial charge in [0.1, 0.15) is 12.3 Å². The first-order valence-electron chi connectivity index (χ1n) is 7.52. The minimum atomic E-state index is -0.576. The Morgan fingerprint density at radius 1 is 1.26 bits per heavy atom. The van der Waals surface area contributed by atoms with E-state index in [0.29, 0.717) is 12.3 Å². The van der Waals surface area contributed by atoms with Gasteiger partial charge in [-0.2, -0.15) is 0 Å². The summed E-state index contributed by atoms with van der Waals surface area (Å²) in [5, 5.41) is 3.25. The van der Waals surface area contributed by atoms with Crippen LogP contribution in [0.5, 0.6) is 0 Å². The van der Waals surface area contributed by atoms with Crippen LogP contribution in [-0.4, -0.2) is 30.4 Å².